The number of nitro groups is 1. The molecule has 0 radical (unpaired) electrons. The van der Waals surface area contributed by atoms with E-state index in [1.165, 1.54) is 18.2 Å². The highest BCUT2D eigenvalue weighted by molar-refractivity contribution is 5.98. The number of hydrogen-bond donors (Lipinski definition) is 1. The average Bonchev–Trinajstić information content (AvgIpc) is 3.22. The summed E-state index contributed by atoms with van der Waals surface area (Å²) in [6, 6.07) is 11.5. The molecule has 3 rings (SSSR count). The Morgan fingerprint density at radius 3 is 2.53 bits per heavy atom. The molecule has 1 atom stereocenters. The van der Waals surface area contributed by atoms with Gasteiger partial charge in [0.1, 0.15) is 6.04 Å². The maximum Gasteiger partial charge on any atom is 0.272 e. The van der Waals surface area contributed by atoms with E-state index < -0.39 is 11.0 Å². The number of benzene rings is 2. The van der Waals surface area contributed by atoms with Crippen LogP contribution < -0.4 is 5.32 Å². The van der Waals surface area contributed by atoms with Crippen molar-refractivity contribution in [2.75, 3.05) is 13.7 Å². The molecule has 0 aromatic heterocycles. The summed E-state index contributed by atoms with van der Waals surface area (Å²) in [5.41, 5.74) is 2.76. The molecule has 2 aromatic carbocycles. The van der Waals surface area contributed by atoms with Crippen LogP contribution in [-0.2, 0) is 22.7 Å². The molecule has 1 aliphatic rings. The summed E-state index contributed by atoms with van der Waals surface area (Å²) in [6.07, 6.45) is 1.33. The van der Waals surface area contributed by atoms with E-state index in [0.717, 1.165) is 17.5 Å². The second-order valence-corrected chi connectivity index (χ2v) is 7.38. The molecule has 0 spiro atoms. The summed E-state index contributed by atoms with van der Waals surface area (Å²) < 4.78 is 5.09. The van der Waals surface area contributed by atoms with Gasteiger partial charge in [-0.1, -0.05) is 24.3 Å². The Morgan fingerprint density at radius 2 is 1.90 bits per heavy atom. The second kappa shape index (κ2) is 9.49. The number of methoxy groups -OCH3 is 1. The van der Waals surface area contributed by atoms with Crippen molar-refractivity contribution in [1.82, 2.24) is 10.2 Å². The van der Waals surface area contributed by atoms with Crippen molar-refractivity contribution in [3.05, 3.63) is 74.8 Å². The lowest BCUT2D eigenvalue weighted by Gasteiger charge is -2.24. The maximum absolute atomic E-state index is 12.9. The fourth-order valence-electron chi connectivity index (χ4n) is 3.67. The molecule has 158 valence electrons. The SMILES string of the molecule is COCc1ccc(CNC(=O)C2CCCN2C(=O)c2ccc([N+](=O)[O-])c(C)c2)cc1. The molecule has 2 aromatic rings. The van der Waals surface area contributed by atoms with Gasteiger partial charge < -0.3 is 15.0 Å². The lowest BCUT2D eigenvalue weighted by Crippen LogP contribution is -2.45. The molecule has 8 nitrogen and oxygen atoms in total. The van der Waals surface area contributed by atoms with Crippen LogP contribution >= 0.6 is 0 Å². The van der Waals surface area contributed by atoms with Crippen molar-refractivity contribution in [2.45, 2.75) is 39.0 Å². The van der Waals surface area contributed by atoms with Crippen LogP contribution in [0.3, 0.4) is 0 Å². The highest BCUT2D eigenvalue weighted by atomic mass is 16.6. The number of aryl methyl sites for hydroxylation is 1. The molecule has 0 aliphatic carbocycles. The first-order valence-electron chi connectivity index (χ1n) is 9.81. The highest BCUT2D eigenvalue weighted by Gasteiger charge is 2.34. The first kappa shape index (κ1) is 21.4. The smallest absolute Gasteiger partial charge is 0.272 e. The van der Waals surface area contributed by atoms with E-state index in [-0.39, 0.29) is 17.5 Å². The molecule has 0 saturated carbocycles. The van der Waals surface area contributed by atoms with E-state index in [1.54, 1.807) is 18.9 Å². The van der Waals surface area contributed by atoms with Gasteiger partial charge in [0, 0.05) is 37.4 Å². The molecule has 1 fully saturated rings. The van der Waals surface area contributed by atoms with Crippen LogP contribution in [0.4, 0.5) is 5.69 Å². The fraction of sp³-hybridized carbons (Fsp3) is 0.364. The third kappa shape index (κ3) is 4.83. The molecule has 2 amide bonds. The van der Waals surface area contributed by atoms with Crippen LogP contribution in [-0.4, -0.2) is 41.3 Å². The predicted octanol–water partition coefficient (Wildman–Crippen LogP) is 2.97. The lowest BCUT2D eigenvalue weighted by molar-refractivity contribution is -0.385. The van der Waals surface area contributed by atoms with Crippen LogP contribution in [0.1, 0.15) is 39.9 Å². The molecule has 30 heavy (non-hydrogen) atoms. The fourth-order valence-corrected chi connectivity index (χ4v) is 3.67. The van der Waals surface area contributed by atoms with Gasteiger partial charge in [0.2, 0.25) is 5.91 Å². The van der Waals surface area contributed by atoms with Gasteiger partial charge in [0.25, 0.3) is 11.6 Å². The zero-order chi connectivity index (χ0) is 21.7. The number of ether oxygens (including phenoxy) is 1. The second-order valence-electron chi connectivity index (χ2n) is 7.38. The van der Waals surface area contributed by atoms with Crippen molar-refractivity contribution in [3.8, 4) is 0 Å². The summed E-state index contributed by atoms with van der Waals surface area (Å²) >= 11 is 0. The standard InChI is InChI=1S/C22H25N3O5/c1-15-12-18(9-10-19(15)25(28)29)22(27)24-11-3-4-20(24)21(26)23-13-16-5-7-17(8-6-16)14-30-2/h5-10,12,20H,3-4,11,13-14H2,1-2H3,(H,23,26). The number of carbonyl (C=O) groups excluding carboxylic acids is 2. The molecule has 1 N–H and O–H groups in total. The summed E-state index contributed by atoms with van der Waals surface area (Å²) in [7, 11) is 1.64. The first-order chi connectivity index (χ1) is 14.4. The van der Waals surface area contributed by atoms with Gasteiger partial charge >= 0.3 is 0 Å². The molecule has 1 saturated heterocycles. The lowest BCUT2D eigenvalue weighted by atomic mass is 10.1. The Balaban J connectivity index is 1.64. The van der Waals surface area contributed by atoms with Crippen LogP contribution in [0.25, 0.3) is 0 Å². The van der Waals surface area contributed by atoms with E-state index in [9.17, 15) is 19.7 Å². The van der Waals surface area contributed by atoms with Crippen LogP contribution in [0.2, 0.25) is 0 Å². The Labute approximate surface area is 175 Å². The van der Waals surface area contributed by atoms with Crippen molar-refractivity contribution < 1.29 is 19.2 Å². The van der Waals surface area contributed by atoms with Gasteiger partial charge in [0.05, 0.1) is 11.5 Å². The summed E-state index contributed by atoms with van der Waals surface area (Å²) in [6.45, 7) is 2.99. The molecule has 1 heterocycles. The minimum Gasteiger partial charge on any atom is -0.380 e. The van der Waals surface area contributed by atoms with E-state index in [1.807, 2.05) is 24.3 Å². The zero-order valence-corrected chi connectivity index (χ0v) is 17.1. The summed E-state index contributed by atoms with van der Waals surface area (Å²) in [5, 5.41) is 13.9. The Kier molecular flexibility index (Phi) is 6.79. The Hall–Kier alpha value is -3.26. The number of nitro benzene ring substituents is 1. The van der Waals surface area contributed by atoms with E-state index >= 15 is 0 Å². The zero-order valence-electron chi connectivity index (χ0n) is 17.1. The number of nitrogens with one attached hydrogen (secondary N) is 1. The van der Waals surface area contributed by atoms with Gasteiger partial charge in [-0.25, -0.2) is 0 Å². The number of amides is 2. The summed E-state index contributed by atoms with van der Waals surface area (Å²) in [4.78, 5) is 37.7. The van der Waals surface area contributed by atoms with E-state index in [2.05, 4.69) is 5.32 Å². The average molecular weight is 411 g/mol. The minimum absolute atomic E-state index is 0.0289. The molecular formula is C22H25N3O5. The topological polar surface area (TPSA) is 102 Å². The largest absolute Gasteiger partial charge is 0.380 e. The normalized spacial score (nSPS) is 15.8. The van der Waals surface area contributed by atoms with Crippen molar-refractivity contribution in [2.24, 2.45) is 0 Å². The van der Waals surface area contributed by atoms with Crippen molar-refractivity contribution in [3.63, 3.8) is 0 Å². The molecule has 8 heteroatoms. The van der Waals surface area contributed by atoms with Crippen molar-refractivity contribution >= 4 is 17.5 Å². The summed E-state index contributed by atoms with van der Waals surface area (Å²) in [5.74, 6) is -0.477. The number of rotatable bonds is 7. The highest BCUT2D eigenvalue weighted by Crippen LogP contribution is 2.24. The van der Waals surface area contributed by atoms with Crippen LogP contribution in [0.5, 0.6) is 0 Å². The molecule has 0 bridgehead atoms. The number of hydrogen-bond acceptors (Lipinski definition) is 5. The Morgan fingerprint density at radius 1 is 1.20 bits per heavy atom. The van der Waals surface area contributed by atoms with Crippen LogP contribution in [0, 0.1) is 17.0 Å². The monoisotopic (exact) mass is 411 g/mol. The third-order valence-electron chi connectivity index (χ3n) is 5.26. The quantitative estimate of drug-likeness (QED) is 0.557. The van der Waals surface area contributed by atoms with Gasteiger partial charge in [-0.3, -0.25) is 19.7 Å². The first-order valence-corrected chi connectivity index (χ1v) is 9.81. The van der Waals surface area contributed by atoms with E-state index in [4.69, 9.17) is 4.74 Å². The molecular weight excluding hydrogens is 386 g/mol. The van der Waals surface area contributed by atoms with E-state index in [0.29, 0.717) is 37.2 Å². The third-order valence-corrected chi connectivity index (χ3v) is 5.26. The van der Waals surface area contributed by atoms with Gasteiger partial charge in [0.15, 0.2) is 0 Å². The molecule has 1 unspecified atom stereocenters. The number of carbonyl (C=O) groups is 2. The van der Waals surface area contributed by atoms with Gasteiger partial charge in [-0.2, -0.15) is 0 Å². The van der Waals surface area contributed by atoms with Gasteiger partial charge in [-0.15, -0.1) is 0 Å². The number of nitrogens with zero attached hydrogens (tertiary/aromatic N) is 2. The van der Waals surface area contributed by atoms with Gasteiger partial charge in [-0.05, 0) is 43.0 Å². The van der Waals surface area contributed by atoms with Crippen LogP contribution in [0.15, 0.2) is 42.5 Å². The number of likely N-dealkylation sites (tertiary alicyclic amines) is 1. The maximum atomic E-state index is 12.9. The predicted molar refractivity (Wildman–Crippen MR) is 111 cm³/mol. The Bertz CT molecular complexity index is 942. The molecule has 1 aliphatic heterocycles. The minimum atomic E-state index is -0.541. The van der Waals surface area contributed by atoms with Crippen molar-refractivity contribution in [1.29, 1.82) is 0 Å².